The minimum Gasteiger partial charge on any atom is -0.493 e. The van der Waals surface area contributed by atoms with Crippen LogP contribution >= 0.6 is 0 Å². The van der Waals surface area contributed by atoms with E-state index in [0.717, 1.165) is 31.6 Å². The Morgan fingerprint density at radius 2 is 1.94 bits per heavy atom. The number of amides is 1. The molecule has 1 fully saturated rings. The van der Waals surface area contributed by atoms with Crippen molar-refractivity contribution in [3.05, 3.63) is 59.7 Å². The number of nitrogens with one attached hydrogen (secondary N) is 1. The molecule has 31 heavy (non-hydrogen) atoms. The predicted molar refractivity (Wildman–Crippen MR) is 113 cm³/mol. The number of piperidine rings is 1. The third kappa shape index (κ3) is 5.95. The fourth-order valence-corrected chi connectivity index (χ4v) is 3.48. The van der Waals surface area contributed by atoms with E-state index in [1.165, 1.54) is 25.3 Å². The van der Waals surface area contributed by atoms with E-state index in [2.05, 4.69) is 21.0 Å². The molecule has 1 amide bonds. The van der Waals surface area contributed by atoms with E-state index in [9.17, 15) is 13.6 Å². The van der Waals surface area contributed by atoms with Crippen molar-refractivity contribution in [2.45, 2.75) is 25.5 Å². The molecule has 0 atom stereocenters. The Morgan fingerprint density at radius 1 is 1.23 bits per heavy atom. The van der Waals surface area contributed by atoms with Crippen molar-refractivity contribution in [2.75, 3.05) is 25.1 Å². The molecule has 1 N–H and O–H groups in total. The van der Waals surface area contributed by atoms with E-state index in [1.807, 2.05) is 12.1 Å². The van der Waals surface area contributed by atoms with E-state index in [-0.39, 0.29) is 23.4 Å². The van der Waals surface area contributed by atoms with Gasteiger partial charge < -0.3 is 19.7 Å². The number of ether oxygens (including phenoxy) is 2. The maximum absolute atomic E-state index is 12.7. The van der Waals surface area contributed by atoms with Crippen LogP contribution < -0.4 is 19.7 Å². The summed E-state index contributed by atoms with van der Waals surface area (Å²) in [6.45, 7) is -1.44. The lowest BCUT2D eigenvalue weighted by Gasteiger charge is -2.33. The first-order valence-electron chi connectivity index (χ1n) is 9.85. The average molecular weight is 427 g/mol. The van der Waals surface area contributed by atoms with Gasteiger partial charge in [-0.2, -0.15) is 14.0 Å². The molecule has 2 aromatic carbocycles. The van der Waals surface area contributed by atoms with Crippen molar-refractivity contribution in [3.63, 3.8) is 0 Å². The molecule has 0 radical (unpaired) electrons. The van der Waals surface area contributed by atoms with Crippen LogP contribution in [-0.2, 0) is 4.79 Å². The highest BCUT2D eigenvalue weighted by Gasteiger charge is 2.20. The largest absolute Gasteiger partial charge is 0.493 e. The zero-order chi connectivity index (χ0) is 22.2. The minimum atomic E-state index is -3.00. The molecule has 3 rings (SSSR count). The van der Waals surface area contributed by atoms with Crippen LogP contribution in [0.15, 0.2) is 48.5 Å². The van der Waals surface area contributed by atoms with Gasteiger partial charge in [0.15, 0.2) is 11.5 Å². The van der Waals surface area contributed by atoms with E-state index in [0.29, 0.717) is 11.1 Å². The number of carbonyl (C=O) groups is 1. The number of alkyl halides is 2. The van der Waals surface area contributed by atoms with Gasteiger partial charge in [-0.1, -0.05) is 12.1 Å². The van der Waals surface area contributed by atoms with Gasteiger partial charge in [-0.15, -0.1) is 0 Å². The SMILES string of the molecule is COc1cccc(/C=C/C(=O)NC2CCN(c3ccc(C#N)cc3)CC2)c1OC(F)F. The Labute approximate surface area is 179 Å². The van der Waals surface area contributed by atoms with Crippen molar-refractivity contribution < 1.29 is 23.0 Å². The summed E-state index contributed by atoms with van der Waals surface area (Å²) in [4.78, 5) is 14.5. The molecule has 8 heteroatoms. The fourth-order valence-electron chi connectivity index (χ4n) is 3.48. The van der Waals surface area contributed by atoms with Gasteiger partial charge in [0.05, 0.1) is 18.7 Å². The maximum atomic E-state index is 12.7. The maximum Gasteiger partial charge on any atom is 0.387 e. The lowest BCUT2D eigenvalue weighted by Crippen LogP contribution is -2.44. The van der Waals surface area contributed by atoms with Crippen molar-refractivity contribution in [2.24, 2.45) is 0 Å². The normalized spacial score (nSPS) is 14.5. The first-order chi connectivity index (χ1) is 15.0. The second-order valence-corrected chi connectivity index (χ2v) is 7.02. The Kier molecular flexibility index (Phi) is 7.44. The molecule has 0 spiro atoms. The van der Waals surface area contributed by atoms with Crippen LogP contribution in [0.4, 0.5) is 14.5 Å². The predicted octanol–water partition coefficient (Wildman–Crippen LogP) is 3.97. The average Bonchev–Trinajstić information content (AvgIpc) is 2.78. The zero-order valence-corrected chi connectivity index (χ0v) is 17.1. The van der Waals surface area contributed by atoms with E-state index < -0.39 is 6.61 Å². The van der Waals surface area contributed by atoms with Gasteiger partial charge in [0.25, 0.3) is 0 Å². The first kappa shape index (κ1) is 22.1. The quantitative estimate of drug-likeness (QED) is 0.677. The highest BCUT2D eigenvalue weighted by molar-refractivity contribution is 5.92. The molecule has 0 unspecified atom stereocenters. The van der Waals surface area contributed by atoms with Gasteiger partial charge in [-0.3, -0.25) is 4.79 Å². The molecule has 1 heterocycles. The third-order valence-electron chi connectivity index (χ3n) is 5.05. The van der Waals surface area contributed by atoms with Crippen molar-refractivity contribution in [3.8, 4) is 17.6 Å². The number of halogens is 2. The minimum absolute atomic E-state index is 0.0221. The number of para-hydroxylation sites is 1. The molecular formula is C23H23F2N3O3. The molecule has 1 saturated heterocycles. The number of benzene rings is 2. The summed E-state index contributed by atoms with van der Waals surface area (Å²) in [6.07, 6.45) is 4.29. The molecule has 0 aromatic heterocycles. The molecule has 1 aliphatic heterocycles. The molecule has 162 valence electrons. The second-order valence-electron chi connectivity index (χ2n) is 7.02. The number of nitrogens with zero attached hydrogens (tertiary/aromatic N) is 2. The Balaban J connectivity index is 1.56. The number of hydrogen-bond donors (Lipinski definition) is 1. The van der Waals surface area contributed by atoms with Crippen molar-refractivity contribution in [1.29, 1.82) is 5.26 Å². The first-order valence-corrected chi connectivity index (χ1v) is 9.85. The second kappa shape index (κ2) is 10.4. The fraction of sp³-hybridized carbons (Fsp3) is 0.304. The lowest BCUT2D eigenvalue weighted by atomic mass is 10.0. The van der Waals surface area contributed by atoms with Gasteiger partial charge in [0.1, 0.15) is 0 Å². The number of anilines is 1. The van der Waals surface area contributed by atoms with Crippen LogP contribution in [0.5, 0.6) is 11.5 Å². The molecule has 1 aliphatic rings. The molecule has 0 aliphatic carbocycles. The molecule has 6 nitrogen and oxygen atoms in total. The summed E-state index contributed by atoms with van der Waals surface area (Å²) in [7, 11) is 1.36. The van der Waals surface area contributed by atoms with Crippen LogP contribution in [0.1, 0.15) is 24.0 Å². The number of carbonyl (C=O) groups excluding carboxylic acids is 1. The van der Waals surface area contributed by atoms with E-state index in [1.54, 1.807) is 24.3 Å². The smallest absolute Gasteiger partial charge is 0.387 e. The van der Waals surface area contributed by atoms with Crippen molar-refractivity contribution in [1.82, 2.24) is 5.32 Å². The van der Waals surface area contributed by atoms with Crippen LogP contribution in [0, 0.1) is 11.3 Å². The van der Waals surface area contributed by atoms with Crippen LogP contribution in [-0.4, -0.2) is 38.8 Å². The summed E-state index contributed by atoms with van der Waals surface area (Å²) in [5, 5.41) is 11.9. The van der Waals surface area contributed by atoms with Gasteiger partial charge in [0.2, 0.25) is 5.91 Å². The number of rotatable bonds is 7. The van der Waals surface area contributed by atoms with Gasteiger partial charge >= 0.3 is 6.61 Å². The summed E-state index contributed by atoms with van der Waals surface area (Å²) in [5.41, 5.74) is 1.99. The molecular weight excluding hydrogens is 404 g/mol. The monoisotopic (exact) mass is 427 g/mol. The van der Waals surface area contributed by atoms with Gasteiger partial charge in [0, 0.05) is 36.5 Å². The molecule has 0 saturated carbocycles. The topological polar surface area (TPSA) is 74.6 Å². The number of methoxy groups -OCH3 is 1. The molecule has 0 bridgehead atoms. The lowest BCUT2D eigenvalue weighted by molar-refractivity contribution is -0.117. The van der Waals surface area contributed by atoms with Crippen LogP contribution in [0.25, 0.3) is 6.08 Å². The Hall–Kier alpha value is -3.60. The molecule has 2 aromatic rings. The van der Waals surface area contributed by atoms with E-state index in [4.69, 9.17) is 10.00 Å². The van der Waals surface area contributed by atoms with Crippen LogP contribution in [0.3, 0.4) is 0 Å². The summed E-state index contributed by atoms with van der Waals surface area (Å²) < 4.78 is 35.0. The van der Waals surface area contributed by atoms with Crippen molar-refractivity contribution >= 4 is 17.7 Å². The Bertz CT molecular complexity index is 963. The summed E-state index contributed by atoms with van der Waals surface area (Å²) in [5.74, 6) is -0.250. The number of hydrogen-bond acceptors (Lipinski definition) is 5. The standard InChI is InChI=1S/C23H23F2N3O3/c1-30-20-4-2-3-17(22(20)31-23(24)25)7-10-21(29)27-18-11-13-28(14-12-18)19-8-5-16(15-26)6-9-19/h2-10,18,23H,11-14H2,1H3,(H,27,29)/b10-7+. The summed E-state index contributed by atoms with van der Waals surface area (Å²) in [6, 6.07) is 14.3. The van der Waals surface area contributed by atoms with Gasteiger partial charge in [-0.25, -0.2) is 0 Å². The highest BCUT2D eigenvalue weighted by Crippen LogP contribution is 2.33. The van der Waals surface area contributed by atoms with Gasteiger partial charge in [-0.05, 0) is 49.2 Å². The van der Waals surface area contributed by atoms with Crippen LogP contribution in [0.2, 0.25) is 0 Å². The Morgan fingerprint density at radius 3 is 2.55 bits per heavy atom. The number of nitriles is 1. The third-order valence-corrected chi connectivity index (χ3v) is 5.05. The summed E-state index contributed by atoms with van der Waals surface area (Å²) >= 11 is 0. The highest BCUT2D eigenvalue weighted by atomic mass is 19.3. The van der Waals surface area contributed by atoms with E-state index >= 15 is 0 Å². The zero-order valence-electron chi connectivity index (χ0n) is 17.1.